The monoisotopic (exact) mass is 244 g/mol. The molecule has 2 rings (SSSR count). The van der Waals surface area contributed by atoms with Gasteiger partial charge in [-0.05, 0) is 30.7 Å². The number of benzene rings is 1. The molecule has 1 aromatic heterocycles. The topological polar surface area (TPSA) is 72.9 Å². The molecule has 0 saturated carbocycles. The normalized spacial score (nSPS) is 12.2. The maximum absolute atomic E-state index is 12.0. The van der Waals surface area contributed by atoms with Gasteiger partial charge in [-0.2, -0.15) is 5.10 Å². The predicted octanol–water partition coefficient (Wildman–Crippen LogP) is 1.69. The minimum atomic E-state index is -0.183. The molecule has 1 heterocycles. The van der Waals surface area contributed by atoms with E-state index >= 15 is 0 Å². The van der Waals surface area contributed by atoms with E-state index in [1.165, 1.54) is 4.68 Å². The highest BCUT2D eigenvalue weighted by molar-refractivity contribution is 6.03. The van der Waals surface area contributed by atoms with Crippen LogP contribution in [0.15, 0.2) is 36.5 Å². The van der Waals surface area contributed by atoms with Gasteiger partial charge in [0.1, 0.15) is 5.69 Å². The molecule has 1 amide bonds. The molecule has 0 aliphatic carbocycles. The highest BCUT2D eigenvalue weighted by atomic mass is 16.2. The molecule has 1 unspecified atom stereocenters. The van der Waals surface area contributed by atoms with Gasteiger partial charge in [-0.25, -0.2) is 0 Å². The Labute approximate surface area is 106 Å². The summed E-state index contributed by atoms with van der Waals surface area (Å²) in [5.41, 5.74) is 8.04. The molecule has 94 valence electrons. The number of hydrogen-bond acceptors (Lipinski definition) is 3. The number of aromatic nitrogens is 2. The molecular weight excluding hydrogens is 228 g/mol. The molecule has 0 aliphatic heterocycles. The van der Waals surface area contributed by atoms with Crippen LogP contribution in [0.3, 0.4) is 0 Å². The first-order valence-corrected chi connectivity index (χ1v) is 5.73. The second-order valence-corrected chi connectivity index (χ2v) is 4.21. The predicted molar refractivity (Wildman–Crippen MR) is 70.2 cm³/mol. The number of aryl methyl sites for hydroxylation is 1. The lowest BCUT2D eigenvalue weighted by Crippen LogP contribution is -2.16. The van der Waals surface area contributed by atoms with Crippen molar-refractivity contribution in [2.24, 2.45) is 12.8 Å². The number of carbonyl (C=O) groups excluding carboxylic acids is 1. The summed E-state index contributed by atoms with van der Waals surface area (Å²) in [5, 5.41) is 6.79. The molecule has 2 aromatic rings. The fraction of sp³-hybridized carbons (Fsp3) is 0.231. The number of carbonyl (C=O) groups is 1. The Kier molecular flexibility index (Phi) is 3.43. The van der Waals surface area contributed by atoms with Crippen LogP contribution in [0.25, 0.3) is 0 Å². The van der Waals surface area contributed by atoms with Gasteiger partial charge in [-0.3, -0.25) is 9.48 Å². The van der Waals surface area contributed by atoms with Gasteiger partial charge in [-0.15, -0.1) is 0 Å². The van der Waals surface area contributed by atoms with Crippen molar-refractivity contribution in [3.8, 4) is 0 Å². The van der Waals surface area contributed by atoms with Crippen LogP contribution in [0.4, 0.5) is 5.69 Å². The highest BCUT2D eigenvalue weighted by Crippen LogP contribution is 2.16. The lowest BCUT2D eigenvalue weighted by Gasteiger charge is -2.09. The summed E-state index contributed by atoms with van der Waals surface area (Å²) >= 11 is 0. The van der Waals surface area contributed by atoms with Gasteiger partial charge in [0.05, 0.1) is 0 Å². The molecule has 0 bridgehead atoms. The Balaban J connectivity index is 2.17. The summed E-state index contributed by atoms with van der Waals surface area (Å²) < 4.78 is 1.53. The molecule has 0 aliphatic rings. The van der Waals surface area contributed by atoms with Crippen molar-refractivity contribution in [1.29, 1.82) is 0 Å². The minimum Gasteiger partial charge on any atom is -0.324 e. The third-order valence-corrected chi connectivity index (χ3v) is 2.72. The maximum atomic E-state index is 12.0. The first kappa shape index (κ1) is 12.3. The van der Waals surface area contributed by atoms with Crippen LogP contribution in [0.2, 0.25) is 0 Å². The molecule has 5 nitrogen and oxygen atoms in total. The summed E-state index contributed by atoms with van der Waals surface area (Å²) in [4.78, 5) is 12.0. The first-order valence-electron chi connectivity index (χ1n) is 5.73. The van der Waals surface area contributed by atoms with E-state index < -0.39 is 0 Å². The van der Waals surface area contributed by atoms with Crippen LogP contribution in [0.1, 0.15) is 29.0 Å². The van der Waals surface area contributed by atoms with Gasteiger partial charge >= 0.3 is 0 Å². The number of nitrogens with one attached hydrogen (secondary N) is 1. The third kappa shape index (κ3) is 2.57. The first-order chi connectivity index (χ1) is 8.58. The van der Waals surface area contributed by atoms with E-state index in [2.05, 4.69) is 10.4 Å². The number of rotatable bonds is 3. The summed E-state index contributed by atoms with van der Waals surface area (Å²) in [5.74, 6) is -0.183. The van der Waals surface area contributed by atoms with Crippen molar-refractivity contribution in [2.75, 3.05) is 5.32 Å². The van der Waals surface area contributed by atoms with E-state index in [-0.39, 0.29) is 11.9 Å². The Morgan fingerprint density at radius 3 is 2.83 bits per heavy atom. The number of hydrogen-bond donors (Lipinski definition) is 2. The van der Waals surface area contributed by atoms with Gasteiger partial charge in [-0.1, -0.05) is 12.1 Å². The van der Waals surface area contributed by atoms with E-state index in [1.807, 2.05) is 31.2 Å². The molecule has 0 fully saturated rings. The summed E-state index contributed by atoms with van der Waals surface area (Å²) in [6.45, 7) is 1.90. The molecule has 0 saturated heterocycles. The molecule has 0 spiro atoms. The molecule has 1 aromatic carbocycles. The van der Waals surface area contributed by atoms with Crippen molar-refractivity contribution in [3.05, 3.63) is 47.8 Å². The van der Waals surface area contributed by atoms with E-state index in [4.69, 9.17) is 5.73 Å². The largest absolute Gasteiger partial charge is 0.324 e. The number of nitrogens with two attached hydrogens (primary N) is 1. The Morgan fingerprint density at radius 2 is 2.22 bits per heavy atom. The zero-order valence-corrected chi connectivity index (χ0v) is 10.4. The SMILES string of the molecule is CC(N)c1cccc(NC(=O)c2ccnn2C)c1. The van der Waals surface area contributed by atoms with Crippen molar-refractivity contribution in [3.63, 3.8) is 0 Å². The lowest BCUT2D eigenvalue weighted by molar-refractivity contribution is 0.101. The van der Waals surface area contributed by atoms with E-state index in [0.717, 1.165) is 11.3 Å². The van der Waals surface area contributed by atoms with Crippen LogP contribution in [0.5, 0.6) is 0 Å². The van der Waals surface area contributed by atoms with Crippen LogP contribution >= 0.6 is 0 Å². The average molecular weight is 244 g/mol. The highest BCUT2D eigenvalue weighted by Gasteiger charge is 2.10. The molecule has 5 heteroatoms. The second kappa shape index (κ2) is 5.01. The smallest absolute Gasteiger partial charge is 0.273 e. The second-order valence-electron chi connectivity index (χ2n) is 4.21. The van der Waals surface area contributed by atoms with Gasteiger partial charge in [0.2, 0.25) is 0 Å². The van der Waals surface area contributed by atoms with Crippen molar-refractivity contribution >= 4 is 11.6 Å². The number of amides is 1. The number of nitrogens with zero attached hydrogens (tertiary/aromatic N) is 2. The van der Waals surface area contributed by atoms with E-state index in [9.17, 15) is 4.79 Å². The van der Waals surface area contributed by atoms with Crippen LogP contribution < -0.4 is 11.1 Å². The standard InChI is InChI=1S/C13H16N4O/c1-9(14)10-4-3-5-11(8-10)16-13(18)12-6-7-15-17(12)2/h3-9H,14H2,1-2H3,(H,16,18). The number of anilines is 1. The van der Waals surface area contributed by atoms with Crippen LogP contribution in [-0.2, 0) is 7.05 Å². The zero-order chi connectivity index (χ0) is 13.1. The molecule has 18 heavy (non-hydrogen) atoms. The Hall–Kier alpha value is -2.14. The van der Waals surface area contributed by atoms with Gasteiger partial charge in [0.15, 0.2) is 0 Å². The molecular formula is C13H16N4O. The maximum Gasteiger partial charge on any atom is 0.273 e. The van der Waals surface area contributed by atoms with Gasteiger partial charge in [0, 0.05) is 25.0 Å². The summed E-state index contributed by atoms with van der Waals surface area (Å²) in [7, 11) is 1.73. The Morgan fingerprint density at radius 1 is 1.44 bits per heavy atom. The fourth-order valence-corrected chi connectivity index (χ4v) is 1.69. The van der Waals surface area contributed by atoms with Gasteiger partial charge in [0.25, 0.3) is 5.91 Å². The fourth-order valence-electron chi connectivity index (χ4n) is 1.69. The van der Waals surface area contributed by atoms with E-state index in [0.29, 0.717) is 5.69 Å². The zero-order valence-electron chi connectivity index (χ0n) is 10.4. The van der Waals surface area contributed by atoms with Gasteiger partial charge < -0.3 is 11.1 Å². The molecule has 3 N–H and O–H groups in total. The van der Waals surface area contributed by atoms with Crippen molar-refractivity contribution in [2.45, 2.75) is 13.0 Å². The summed E-state index contributed by atoms with van der Waals surface area (Å²) in [6, 6.07) is 9.13. The quantitative estimate of drug-likeness (QED) is 0.863. The van der Waals surface area contributed by atoms with E-state index in [1.54, 1.807) is 19.3 Å². The molecule has 0 radical (unpaired) electrons. The third-order valence-electron chi connectivity index (χ3n) is 2.72. The van der Waals surface area contributed by atoms with Crippen LogP contribution in [-0.4, -0.2) is 15.7 Å². The minimum absolute atomic E-state index is 0.0569. The van der Waals surface area contributed by atoms with Crippen molar-refractivity contribution in [1.82, 2.24) is 9.78 Å². The molecule has 1 atom stereocenters. The lowest BCUT2D eigenvalue weighted by atomic mass is 10.1. The Bertz CT molecular complexity index is 560. The summed E-state index contributed by atoms with van der Waals surface area (Å²) in [6.07, 6.45) is 1.59. The van der Waals surface area contributed by atoms with Crippen molar-refractivity contribution < 1.29 is 4.79 Å². The average Bonchev–Trinajstić information content (AvgIpc) is 2.76. The van der Waals surface area contributed by atoms with Crippen LogP contribution in [0, 0.1) is 0 Å².